The Bertz CT molecular complexity index is 662. The zero-order chi connectivity index (χ0) is 21.1. The Morgan fingerprint density at radius 2 is 2.07 bits per heavy atom. The molecular formula is C22H34N2O4S. The average molecular weight is 423 g/mol. The van der Waals surface area contributed by atoms with Gasteiger partial charge in [-0.05, 0) is 49.9 Å². The first-order chi connectivity index (χ1) is 14.0. The molecule has 0 saturated carbocycles. The number of benzene rings is 1. The Hall–Kier alpha value is -1.60. The maximum Gasteiger partial charge on any atom is 0.306 e. The van der Waals surface area contributed by atoms with Crippen molar-refractivity contribution in [3.63, 3.8) is 0 Å². The number of nitro groups is 1. The number of likely N-dealkylation sites (tertiary alicyclic amines) is 1. The summed E-state index contributed by atoms with van der Waals surface area (Å²) in [7, 11) is 0. The Kier molecular flexibility index (Phi) is 10.5. The molecule has 1 fully saturated rings. The standard InChI is InChI=1S/C22H34N2O4S/c1-3-5-8-18(4-2)17-28-22(25)11-14-29-21-10-9-19(15-20(21)24(26)27)16-23-12-6-7-13-23/h9-10,15,18H,3-8,11-14,16-17H2,1-2H3. The molecule has 0 aliphatic carbocycles. The number of unbranched alkanes of at least 4 members (excludes halogenated alkanes) is 1. The Morgan fingerprint density at radius 3 is 2.72 bits per heavy atom. The van der Waals surface area contributed by atoms with E-state index in [0.717, 1.165) is 50.9 Å². The number of carbonyl (C=O) groups is 1. The Morgan fingerprint density at radius 1 is 1.31 bits per heavy atom. The van der Waals surface area contributed by atoms with Crippen molar-refractivity contribution in [2.24, 2.45) is 5.92 Å². The summed E-state index contributed by atoms with van der Waals surface area (Å²) in [5.41, 5.74) is 1.10. The smallest absolute Gasteiger partial charge is 0.306 e. The van der Waals surface area contributed by atoms with Gasteiger partial charge in [0, 0.05) is 18.4 Å². The molecule has 1 atom stereocenters. The van der Waals surface area contributed by atoms with Crippen LogP contribution in [0, 0.1) is 16.0 Å². The lowest BCUT2D eigenvalue weighted by molar-refractivity contribution is -0.387. The van der Waals surface area contributed by atoms with Crippen molar-refractivity contribution in [3.8, 4) is 0 Å². The summed E-state index contributed by atoms with van der Waals surface area (Å²) in [6, 6.07) is 5.46. The molecule has 0 spiro atoms. The second kappa shape index (κ2) is 12.9. The van der Waals surface area contributed by atoms with Crippen LogP contribution in [0.1, 0.15) is 64.4 Å². The highest BCUT2D eigenvalue weighted by Crippen LogP contribution is 2.31. The second-order valence-corrected chi connectivity index (χ2v) is 8.88. The van der Waals surface area contributed by atoms with Gasteiger partial charge in [0.25, 0.3) is 5.69 Å². The van der Waals surface area contributed by atoms with E-state index in [2.05, 4.69) is 18.7 Å². The molecule has 1 aromatic carbocycles. The molecule has 1 aliphatic rings. The normalized spacial score (nSPS) is 15.4. The number of carbonyl (C=O) groups excluding carboxylic acids is 1. The minimum atomic E-state index is -0.326. The highest BCUT2D eigenvalue weighted by Gasteiger charge is 2.18. The molecule has 0 radical (unpaired) electrons. The summed E-state index contributed by atoms with van der Waals surface area (Å²) in [6.07, 6.45) is 7.07. The van der Waals surface area contributed by atoms with Gasteiger partial charge < -0.3 is 4.74 Å². The quantitative estimate of drug-likeness (QED) is 0.183. The molecule has 162 valence electrons. The summed E-state index contributed by atoms with van der Waals surface area (Å²) in [5.74, 6) is 0.688. The van der Waals surface area contributed by atoms with Gasteiger partial charge in [-0.1, -0.05) is 39.2 Å². The summed E-state index contributed by atoms with van der Waals surface area (Å²) >= 11 is 1.35. The van der Waals surface area contributed by atoms with Gasteiger partial charge in [0.1, 0.15) is 0 Å². The minimum absolute atomic E-state index is 0.130. The molecular weight excluding hydrogens is 388 g/mol. The molecule has 0 bridgehead atoms. The SMILES string of the molecule is CCCCC(CC)COC(=O)CCSc1ccc(CN2CCCC2)cc1[N+](=O)[O-]. The van der Waals surface area contributed by atoms with Crippen molar-refractivity contribution in [2.75, 3.05) is 25.4 Å². The van der Waals surface area contributed by atoms with Crippen molar-refractivity contribution in [2.45, 2.75) is 70.2 Å². The lowest BCUT2D eigenvalue weighted by Gasteiger charge is -2.15. The summed E-state index contributed by atoms with van der Waals surface area (Å²) in [5, 5.41) is 11.5. The van der Waals surface area contributed by atoms with E-state index >= 15 is 0 Å². The fourth-order valence-electron chi connectivity index (χ4n) is 3.55. The number of nitro benzene ring substituents is 1. The van der Waals surface area contributed by atoms with Crippen molar-refractivity contribution in [1.82, 2.24) is 4.90 Å². The van der Waals surface area contributed by atoms with Crippen molar-refractivity contribution >= 4 is 23.4 Å². The van der Waals surface area contributed by atoms with Gasteiger partial charge in [0.15, 0.2) is 0 Å². The molecule has 6 nitrogen and oxygen atoms in total. The number of hydrogen-bond acceptors (Lipinski definition) is 6. The van der Waals surface area contributed by atoms with E-state index < -0.39 is 0 Å². The molecule has 1 unspecified atom stereocenters. The zero-order valence-electron chi connectivity index (χ0n) is 17.7. The van der Waals surface area contributed by atoms with Gasteiger partial charge >= 0.3 is 5.97 Å². The fraction of sp³-hybridized carbons (Fsp3) is 0.682. The molecule has 1 heterocycles. The van der Waals surface area contributed by atoms with Gasteiger partial charge in [0.05, 0.1) is 22.8 Å². The van der Waals surface area contributed by atoms with Crippen LogP contribution in [0.3, 0.4) is 0 Å². The molecule has 7 heteroatoms. The van der Waals surface area contributed by atoms with Crippen LogP contribution in [0.4, 0.5) is 5.69 Å². The Labute approximate surface area is 178 Å². The van der Waals surface area contributed by atoms with E-state index in [1.165, 1.54) is 24.6 Å². The van der Waals surface area contributed by atoms with Crippen LogP contribution in [0.25, 0.3) is 0 Å². The third-order valence-electron chi connectivity index (χ3n) is 5.41. The second-order valence-electron chi connectivity index (χ2n) is 7.74. The highest BCUT2D eigenvalue weighted by molar-refractivity contribution is 7.99. The number of ether oxygens (including phenoxy) is 1. The zero-order valence-corrected chi connectivity index (χ0v) is 18.5. The van der Waals surface area contributed by atoms with Crippen LogP contribution < -0.4 is 0 Å². The molecule has 0 aromatic heterocycles. The van der Waals surface area contributed by atoms with E-state index in [1.807, 2.05) is 12.1 Å². The fourth-order valence-corrected chi connectivity index (χ4v) is 4.48. The lowest BCUT2D eigenvalue weighted by atomic mass is 10.0. The highest BCUT2D eigenvalue weighted by atomic mass is 32.2. The molecule has 2 rings (SSSR count). The molecule has 0 amide bonds. The van der Waals surface area contributed by atoms with Crippen LogP contribution in [0.5, 0.6) is 0 Å². The maximum atomic E-state index is 12.0. The molecule has 1 saturated heterocycles. The molecule has 1 aromatic rings. The largest absolute Gasteiger partial charge is 0.465 e. The molecule has 0 N–H and O–H groups in total. The summed E-state index contributed by atoms with van der Waals surface area (Å²) in [6.45, 7) is 7.64. The average Bonchev–Trinajstić information content (AvgIpc) is 3.22. The topological polar surface area (TPSA) is 72.7 Å². The third kappa shape index (κ3) is 8.34. The first-order valence-electron chi connectivity index (χ1n) is 10.8. The van der Waals surface area contributed by atoms with E-state index in [0.29, 0.717) is 23.2 Å². The van der Waals surface area contributed by atoms with Crippen molar-refractivity contribution < 1.29 is 14.5 Å². The van der Waals surface area contributed by atoms with Gasteiger partial charge in [-0.2, -0.15) is 0 Å². The van der Waals surface area contributed by atoms with Gasteiger partial charge in [-0.3, -0.25) is 19.8 Å². The first kappa shape index (κ1) is 23.7. The number of nitrogens with zero attached hydrogens (tertiary/aromatic N) is 2. The monoisotopic (exact) mass is 422 g/mol. The summed E-state index contributed by atoms with van der Waals surface area (Å²) < 4.78 is 5.41. The van der Waals surface area contributed by atoms with E-state index in [1.54, 1.807) is 6.07 Å². The number of hydrogen-bond donors (Lipinski definition) is 0. The number of thioether (sulfide) groups is 1. The predicted octanol–water partition coefficient (Wildman–Crippen LogP) is 5.43. The first-order valence-corrected chi connectivity index (χ1v) is 11.8. The van der Waals surface area contributed by atoms with Crippen molar-refractivity contribution in [3.05, 3.63) is 33.9 Å². The minimum Gasteiger partial charge on any atom is -0.465 e. The third-order valence-corrected chi connectivity index (χ3v) is 6.48. The van der Waals surface area contributed by atoms with Crippen molar-refractivity contribution in [1.29, 1.82) is 0 Å². The summed E-state index contributed by atoms with van der Waals surface area (Å²) in [4.78, 5) is 26.1. The van der Waals surface area contributed by atoms with E-state index in [9.17, 15) is 14.9 Å². The van der Waals surface area contributed by atoms with Crippen LogP contribution in [-0.2, 0) is 16.1 Å². The van der Waals surface area contributed by atoms with Crippen LogP contribution in [-0.4, -0.2) is 41.2 Å². The van der Waals surface area contributed by atoms with Crippen LogP contribution >= 0.6 is 11.8 Å². The van der Waals surface area contributed by atoms with Gasteiger partial charge in [-0.15, -0.1) is 11.8 Å². The number of rotatable bonds is 13. The van der Waals surface area contributed by atoms with E-state index in [4.69, 9.17) is 4.74 Å². The molecule has 29 heavy (non-hydrogen) atoms. The van der Waals surface area contributed by atoms with Gasteiger partial charge in [-0.25, -0.2) is 0 Å². The molecule has 1 aliphatic heterocycles. The van der Waals surface area contributed by atoms with E-state index in [-0.39, 0.29) is 23.0 Å². The Balaban J connectivity index is 1.81. The lowest BCUT2D eigenvalue weighted by Crippen LogP contribution is -2.18. The predicted molar refractivity (Wildman–Crippen MR) is 117 cm³/mol. The van der Waals surface area contributed by atoms with Crippen LogP contribution in [0.2, 0.25) is 0 Å². The van der Waals surface area contributed by atoms with Gasteiger partial charge in [0.2, 0.25) is 0 Å². The number of esters is 1. The van der Waals surface area contributed by atoms with Crippen LogP contribution in [0.15, 0.2) is 23.1 Å². The maximum absolute atomic E-state index is 12.0.